The third kappa shape index (κ3) is 2.54. The zero-order valence-electron chi connectivity index (χ0n) is 10.8. The van der Waals surface area contributed by atoms with Crippen LogP contribution in [0.15, 0.2) is 52.2 Å². The van der Waals surface area contributed by atoms with Gasteiger partial charge in [-0.2, -0.15) is 0 Å². The summed E-state index contributed by atoms with van der Waals surface area (Å²) >= 11 is 3.39. The van der Waals surface area contributed by atoms with Gasteiger partial charge >= 0.3 is 0 Å². The summed E-state index contributed by atoms with van der Waals surface area (Å²) in [4.78, 5) is 6.68. The molecule has 0 spiro atoms. The van der Waals surface area contributed by atoms with Crippen LogP contribution >= 0.6 is 15.9 Å². The van der Waals surface area contributed by atoms with Crippen molar-refractivity contribution in [2.75, 3.05) is 11.4 Å². The number of hydrogen-bond donors (Lipinski definition) is 1. The van der Waals surface area contributed by atoms with Gasteiger partial charge in [0.2, 0.25) is 0 Å². The maximum atomic E-state index is 9.10. The van der Waals surface area contributed by atoms with E-state index in [1.54, 1.807) is 0 Å². The lowest BCUT2D eigenvalue weighted by Gasteiger charge is -2.31. The number of para-hydroxylation sites is 1. The van der Waals surface area contributed by atoms with Crippen molar-refractivity contribution in [2.24, 2.45) is 5.16 Å². The van der Waals surface area contributed by atoms with Crippen molar-refractivity contribution in [1.29, 1.82) is 0 Å². The molecule has 1 aromatic carbocycles. The van der Waals surface area contributed by atoms with Gasteiger partial charge < -0.3 is 10.1 Å². The lowest BCUT2D eigenvalue weighted by Crippen LogP contribution is -2.32. The van der Waals surface area contributed by atoms with Crippen molar-refractivity contribution in [1.82, 2.24) is 4.98 Å². The molecule has 0 saturated carbocycles. The Balaban J connectivity index is 1.90. The summed E-state index contributed by atoms with van der Waals surface area (Å²) in [6.07, 6.45) is 2.55. The minimum atomic E-state index is 0.740. The Morgan fingerprint density at radius 2 is 2.10 bits per heavy atom. The molecule has 1 N–H and O–H groups in total. The van der Waals surface area contributed by atoms with Crippen LogP contribution in [-0.2, 0) is 6.54 Å². The SMILES string of the molecule is O/N=C1/CCN(Cc2ccc(Br)cn2)c2ccccc21. The van der Waals surface area contributed by atoms with Gasteiger partial charge in [0, 0.05) is 34.9 Å². The third-order valence-corrected chi connectivity index (χ3v) is 3.91. The zero-order valence-corrected chi connectivity index (χ0v) is 12.4. The highest BCUT2D eigenvalue weighted by atomic mass is 79.9. The zero-order chi connectivity index (χ0) is 13.9. The molecular weight excluding hydrogens is 318 g/mol. The number of halogens is 1. The summed E-state index contributed by atoms with van der Waals surface area (Å²) in [7, 11) is 0. The number of fused-ring (bicyclic) bond motifs is 1. The average molecular weight is 332 g/mol. The highest BCUT2D eigenvalue weighted by molar-refractivity contribution is 9.10. The van der Waals surface area contributed by atoms with Crippen molar-refractivity contribution in [2.45, 2.75) is 13.0 Å². The minimum Gasteiger partial charge on any atom is -0.411 e. The van der Waals surface area contributed by atoms with E-state index >= 15 is 0 Å². The number of oxime groups is 1. The molecule has 0 radical (unpaired) electrons. The van der Waals surface area contributed by atoms with Crippen LogP contribution in [0.1, 0.15) is 17.7 Å². The minimum absolute atomic E-state index is 0.740. The van der Waals surface area contributed by atoms with Crippen molar-refractivity contribution >= 4 is 27.3 Å². The topological polar surface area (TPSA) is 48.7 Å². The number of aromatic nitrogens is 1. The molecule has 4 nitrogen and oxygen atoms in total. The second kappa shape index (κ2) is 5.63. The second-order valence-corrected chi connectivity index (χ2v) is 5.62. The van der Waals surface area contributed by atoms with Crippen LogP contribution in [0.25, 0.3) is 0 Å². The quantitative estimate of drug-likeness (QED) is 0.677. The second-order valence-electron chi connectivity index (χ2n) is 4.70. The molecule has 0 fully saturated rings. The van der Waals surface area contributed by atoms with Crippen molar-refractivity contribution in [3.8, 4) is 0 Å². The Labute approximate surface area is 125 Å². The van der Waals surface area contributed by atoms with Gasteiger partial charge in [0.15, 0.2) is 0 Å². The van der Waals surface area contributed by atoms with Crippen molar-refractivity contribution in [3.63, 3.8) is 0 Å². The van der Waals surface area contributed by atoms with E-state index in [1.165, 1.54) is 0 Å². The first-order valence-electron chi connectivity index (χ1n) is 6.43. The molecule has 0 aliphatic carbocycles. The van der Waals surface area contributed by atoms with Crippen LogP contribution in [0, 0.1) is 0 Å². The van der Waals surface area contributed by atoms with Gasteiger partial charge in [-0.15, -0.1) is 0 Å². The molecule has 0 amide bonds. The van der Waals surface area contributed by atoms with Crippen LogP contribution in [0.2, 0.25) is 0 Å². The molecule has 5 heteroatoms. The number of nitrogens with zero attached hydrogens (tertiary/aromatic N) is 3. The predicted molar refractivity (Wildman–Crippen MR) is 82.4 cm³/mol. The van der Waals surface area contributed by atoms with Crippen molar-refractivity contribution in [3.05, 3.63) is 58.3 Å². The molecule has 0 atom stereocenters. The summed E-state index contributed by atoms with van der Waals surface area (Å²) < 4.78 is 0.981. The molecule has 1 aromatic heterocycles. The van der Waals surface area contributed by atoms with Gasteiger partial charge in [0.25, 0.3) is 0 Å². The molecule has 3 rings (SSSR count). The lowest BCUT2D eigenvalue weighted by molar-refractivity contribution is 0.317. The van der Waals surface area contributed by atoms with Gasteiger partial charge in [-0.3, -0.25) is 4.98 Å². The summed E-state index contributed by atoms with van der Waals surface area (Å²) in [5, 5.41) is 12.5. The van der Waals surface area contributed by atoms with E-state index in [1.807, 2.05) is 36.5 Å². The van der Waals surface area contributed by atoms with E-state index < -0.39 is 0 Å². The average Bonchev–Trinajstić information content (AvgIpc) is 2.50. The highest BCUT2D eigenvalue weighted by Crippen LogP contribution is 2.28. The maximum absolute atomic E-state index is 9.10. The first-order valence-corrected chi connectivity index (χ1v) is 7.23. The van der Waals surface area contributed by atoms with E-state index in [4.69, 9.17) is 5.21 Å². The fourth-order valence-electron chi connectivity index (χ4n) is 2.45. The molecule has 1 aliphatic heterocycles. The molecule has 0 saturated heterocycles. The number of anilines is 1. The first-order chi connectivity index (χ1) is 9.78. The van der Waals surface area contributed by atoms with Crippen LogP contribution in [0.3, 0.4) is 0 Å². The summed E-state index contributed by atoms with van der Waals surface area (Å²) in [6.45, 7) is 1.58. The number of hydrogen-bond acceptors (Lipinski definition) is 4. The highest BCUT2D eigenvalue weighted by Gasteiger charge is 2.21. The smallest absolute Gasteiger partial charge is 0.0906 e. The summed E-state index contributed by atoms with van der Waals surface area (Å²) in [6, 6.07) is 12.0. The van der Waals surface area contributed by atoms with Crippen molar-refractivity contribution < 1.29 is 5.21 Å². The van der Waals surface area contributed by atoms with Gasteiger partial charge in [0.05, 0.1) is 18.0 Å². The third-order valence-electron chi connectivity index (χ3n) is 3.44. The van der Waals surface area contributed by atoms with Gasteiger partial charge in [-0.05, 0) is 34.1 Å². The lowest BCUT2D eigenvalue weighted by atomic mass is 9.99. The van der Waals surface area contributed by atoms with Gasteiger partial charge in [0.1, 0.15) is 0 Å². The Bertz CT molecular complexity index is 640. The fraction of sp³-hybridized carbons (Fsp3) is 0.200. The molecule has 2 aromatic rings. The summed E-state index contributed by atoms with van der Waals surface area (Å²) in [5.41, 5.74) is 3.86. The Morgan fingerprint density at radius 1 is 1.25 bits per heavy atom. The molecule has 2 heterocycles. The van der Waals surface area contributed by atoms with E-state index in [-0.39, 0.29) is 0 Å². The Morgan fingerprint density at radius 3 is 2.85 bits per heavy atom. The van der Waals surface area contributed by atoms with Crippen LogP contribution < -0.4 is 4.90 Å². The van der Waals surface area contributed by atoms with Gasteiger partial charge in [-0.1, -0.05) is 23.4 Å². The number of benzene rings is 1. The Kier molecular flexibility index (Phi) is 3.69. The van der Waals surface area contributed by atoms with Crippen LogP contribution in [0.4, 0.5) is 5.69 Å². The first kappa shape index (κ1) is 13.1. The van der Waals surface area contributed by atoms with E-state index in [2.05, 4.69) is 37.0 Å². The van der Waals surface area contributed by atoms with E-state index in [0.29, 0.717) is 0 Å². The van der Waals surface area contributed by atoms with Crippen LogP contribution in [-0.4, -0.2) is 22.4 Å². The number of pyridine rings is 1. The van der Waals surface area contributed by atoms with E-state index in [0.717, 1.165) is 46.6 Å². The molecule has 1 aliphatic rings. The maximum Gasteiger partial charge on any atom is 0.0906 e. The largest absolute Gasteiger partial charge is 0.411 e. The normalized spacial score (nSPS) is 16.2. The van der Waals surface area contributed by atoms with Gasteiger partial charge in [-0.25, -0.2) is 0 Å². The fourth-order valence-corrected chi connectivity index (χ4v) is 2.69. The molecule has 0 unspecified atom stereocenters. The van der Waals surface area contributed by atoms with E-state index in [9.17, 15) is 0 Å². The molecule has 0 bridgehead atoms. The van der Waals surface area contributed by atoms with Crippen LogP contribution in [0.5, 0.6) is 0 Å². The molecular formula is C15H14BrN3O. The monoisotopic (exact) mass is 331 g/mol. The standard InChI is InChI=1S/C15H14BrN3O/c16-11-5-6-12(17-9-11)10-19-8-7-14(18-20)13-3-1-2-4-15(13)19/h1-6,9,20H,7-8,10H2/b18-14-. The molecule has 102 valence electrons. The number of rotatable bonds is 2. The Hall–Kier alpha value is -1.88. The summed E-state index contributed by atoms with van der Waals surface area (Å²) in [5.74, 6) is 0. The predicted octanol–water partition coefficient (Wildman–Crippen LogP) is 3.43. The molecule has 20 heavy (non-hydrogen) atoms.